The minimum atomic E-state index is -1.28. The largest absolute Gasteiger partial charge is 0.479 e. The van der Waals surface area contributed by atoms with Crippen molar-refractivity contribution in [2.24, 2.45) is 0 Å². The highest BCUT2D eigenvalue weighted by Gasteiger charge is 2.43. The number of benzene rings is 1. The minimum Gasteiger partial charge on any atom is -0.479 e. The molecule has 2 aromatic rings. The number of halogens is 1. The van der Waals surface area contributed by atoms with E-state index in [1.54, 1.807) is 11.3 Å². The molecule has 1 amide bonds. The Labute approximate surface area is 145 Å². The van der Waals surface area contributed by atoms with E-state index in [-0.39, 0.29) is 18.9 Å². The van der Waals surface area contributed by atoms with Crippen LogP contribution in [-0.4, -0.2) is 40.7 Å². The standard InChI is InChI=1S/C15H15BrN2O4S/c16-9-1-2-11-10(7-9)17-13(23-11)4-3-12(19)18-15(14(20)21)5-6-22-8-15/h1-2,7H,3-6,8H2,(H,18,19)(H,20,21). The van der Waals surface area contributed by atoms with Gasteiger partial charge >= 0.3 is 5.97 Å². The van der Waals surface area contributed by atoms with Gasteiger partial charge in [0, 0.05) is 30.3 Å². The number of nitrogens with one attached hydrogen (secondary N) is 1. The van der Waals surface area contributed by atoms with Gasteiger partial charge in [0.25, 0.3) is 0 Å². The van der Waals surface area contributed by atoms with Gasteiger partial charge in [-0.2, -0.15) is 0 Å². The number of ether oxygens (including phenoxy) is 1. The summed E-state index contributed by atoms with van der Waals surface area (Å²) in [7, 11) is 0. The fourth-order valence-corrected chi connectivity index (χ4v) is 3.79. The Kier molecular flexibility index (Phi) is 4.65. The zero-order chi connectivity index (χ0) is 16.4. The maximum atomic E-state index is 12.1. The summed E-state index contributed by atoms with van der Waals surface area (Å²) in [6.45, 7) is 0.364. The van der Waals surface area contributed by atoms with Gasteiger partial charge in [0.1, 0.15) is 0 Å². The molecule has 0 radical (unpaired) electrons. The highest BCUT2D eigenvalue weighted by molar-refractivity contribution is 9.10. The number of hydrogen-bond donors (Lipinski definition) is 2. The van der Waals surface area contributed by atoms with Gasteiger partial charge < -0.3 is 15.2 Å². The van der Waals surface area contributed by atoms with E-state index in [0.29, 0.717) is 19.4 Å². The van der Waals surface area contributed by atoms with E-state index in [4.69, 9.17) is 4.74 Å². The third kappa shape index (κ3) is 3.54. The zero-order valence-corrected chi connectivity index (χ0v) is 14.6. The molecule has 6 nitrogen and oxygen atoms in total. The number of thiazole rings is 1. The molecule has 3 rings (SSSR count). The number of carbonyl (C=O) groups is 2. The number of fused-ring (bicyclic) bond motifs is 1. The summed E-state index contributed by atoms with van der Waals surface area (Å²) in [5.41, 5.74) is -0.388. The second-order valence-electron chi connectivity index (χ2n) is 5.46. The average Bonchev–Trinajstić information content (AvgIpc) is 3.12. The maximum Gasteiger partial charge on any atom is 0.331 e. The third-order valence-electron chi connectivity index (χ3n) is 3.77. The molecule has 122 valence electrons. The van der Waals surface area contributed by atoms with Gasteiger partial charge in [-0.15, -0.1) is 11.3 Å². The Bertz CT molecular complexity index is 755. The number of aromatic nitrogens is 1. The monoisotopic (exact) mass is 398 g/mol. The summed E-state index contributed by atoms with van der Waals surface area (Å²) >= 11 is 4.95. The summed E-state index contributed by atoms with van der Waals surface area (Å²) in [6, 6.07) is 5.87. The van der Waals surface area contributed by atoms with Crippen LogP contribution in [0.5, 0.6) is 0 Å². The van der Waals surface area contributed by atoms with E-state index in [2.05, 4.69) is 26.2 Å². The molecule has 0 saturated carbocycles. The van der Waals surface area contributed by atoms with Crippen LogP contribution in [0.15, 0.2) is 22.7 Å². The second kappa shape index (κ2) is 6.54. The van der Waals surface area contributed by atoms with E-state index in [1.807, 2.05) is 18.2 Å². The van der Waals surface area contributed by atoms with Gasteiger partial charge in [-0.1, -0.05) is 15.9 Å². The quantitative estimate of drug-likeness (QED) is 0.806. The first-order chi connectivity index (χ1) is 11.0. The van der Waals surface area contributed by atoms with Crippen molar-refractivity contribution in [2.75, 3.05) is 13.2 Å². The molecule has 1 aliphatic heterocycles. The van der Waals surface area contributed by atoms with Crippen LogP contribution in [-0.2, 0) is 20.7 Å². The van der Waals surface area contributed by atoms with E-state index < -0.39 is 11.5 Å². The van der Waals surface area contributed by atoms with Crippen molar-refractivity contribution in [3.63, 3.8) is 0 Å². The maximum absolute atomic E-state index is 12.1. The second-order valence-corrected chi connectivity index (χ2v) is 7.49. The summed E-state index contributed by atoms with van der Waals surface area (Å²) in [5, 5.41) is 12.8. The predicted octanol–water partition coefficient (Wildman–Crippen LogP) is 2.35. The highest BCUT2D eigenvalue weighted by atomic mass is 79.9. The third-order valence-corrected chi connectivity index (χ3v) is 5.36. The zero-order valence-electron chi connectivity index (χ0n) is 12.2. The van der Waals surface area contributed by atoms with Crippen LogP contribution >= 0.6 is 27.3 Å². The van der Waals surface area contributed by atoms with Crippen molar-refractivity contribution in [3.8, 4) is 0 Å². The predicted molar refractivity (Wildman–Crippen MR) is 89.6 cm³/mol. The van der Waals surface area contributed by atoms with Crippen molar-refractivity contribution in [1.82, 2.24) is 10.3 Å². The molecule has 1 fully saturated rings. The van der Waals surface area contributed by atoms with Crippen molar-refractivity contribution in [3.05, 3.63) is 27.7 Å². The number of nitrogens with zero attached hydrogens (tertiary/aromatic N) is 1. The van der Waals surface area contributed by atoms with Crippen LogP contribution in [0, 0.1) is 0 Å². The Balaban J connectivity index is 1.62. The van der Waals surface area contributed by atoms with E-state index >= 15 is 0 Å². The highest BCUT2D eigenvalue weighted by Crippen LogP contribution is 2.26. The normalized spacial score (nSPS) is 20.7. The van der Waals surface area contributed by atoms with Gasteiger partial charge in [0.05, 0.1) is 21.8 Å². The number of aryl methyl sites for hydroxylation is 1. The Morgan fingerprint density at radius 1 is 1.48 bits per heavy atom. The number of carboxylic acids is 1. The molecule has 2 N–H and O–H groups in total. The number of rotatable bonds is 5. The number of aliphatic carboxylic acids is 1. The van der Waals surface area contributed by atoms with Gasteiger partial charge in [-0.3, -0.25) is 4.79 Å². The van der Waals surface area contributed by atoms with Crippen molar-refractivity contribution in [1.29, 1.82) is 0 Å². The van der Waals surface area contributed by atoms with E-state index in [9.17, 15) is 14.7 Å². The fraction of sp³-hybridized carbons (Fsp3) is 0.400. The van der Waals surface area contributed by atoms with Gasteiger partial charge in [0.2, 0.25) is 5.91 Å². The summed E-state index contributed by atoms with van der Waals surface area (Å²) in [4.78, 5) is 28.0. The molecular formula is C15H15BrN2O4S. The van der Waals surface area contributed by atoms with Gasteiger partial charge in [-0.25, -0.2) is 9.78 Å². The van der Waals surface area contributed by atoms with Crippen LogP contribution in [0.4, 0.5) is 0 Å². The number of carbonyl (C=O) groups excluding carboxylic acids is 1. The van der Waals surface area contributed by atoms with E-state index in [0.717, 1.165) is 19.7 Å². The molecule has 23 heavy (non-hydrogen) atoms. The molecule has 0 aliphatic carbocycles. The summed E-state index contributed by atoms with van der Waals surface area (Å²) in [6.07, 6.45) is 0.985. The molecule has 1 unspecified atom stereocenters. The van der Waals surface area contributed by atoms with Crippen molar-refractivity contribution in [2.45, 2.75) is 24.8 Å². The summed E-state index contributed by atoms with van der Waals surface area (Å²) in [5.74, 6) is -1.34. The first kappa shape index (κ1) is 16.4. The first-order valence-electron chi connectivity index (χ1n) is 7.16. The Hall–Kier alpha value is -1.51. The average molecular weight is 399 g/mol. The minimum absolute atomic E-state index is 0.0171. The van der Waals surface area contributed by atoms with Crippen LogP contribution in [0.3, 0.4) is 0 Å². The van der Waals surface area contributed by atoms with Gasteiger partial charge in [0.15, 0.2) is 5.54 Å². The van der Waals surface area contributed by atoms with Gasteiger partial charge in [-0.05, 0) is 18.2 Å². The molecule has 1 atom stereocenters. The molecule has 1 saturated heterocycles. The topological polar surface area (TPSA) is 88.5 Å². The van der Waals surface area contributed by atoms with Crippen molar-refractivity contribution >= 4 is 49.4 Å². The lowest BCUT2D eigenvalue weighted by Crippen LogP contribution is -2.55. The van der Waals surface area contributed by atoms with Crippen molar-refractivity contribution < 1.29 is 19.4 Å². The lowest BCUT2D eigenvalue weighted by Gasteiger charge is -2.23. The van der Waals surface area contributed by atoms with E-state index in [1.165, 1.54) is 0 Å². The van der Waals surface area contributed by atoms with Crippen LogP contribution in [0.1, 0.15) is 17.8 Å². The smallest absolute Gasteiger partial charge is 0.331 e. The lowest BCUT2D eigenvalue weighted by molar-refractivity contribution is -0.147. The number of carboxylic acid groups (broad SMARTS) is 1. The molecule has 0 spiro atoms. The molecule has 0 bridgehead atoms. The summed E-state index contributed by atoms with van der Waals surface area (Å²) < 4.78 is 7.15. The molecular weight excluding hydrogens is 384 g/mol. The number of hydrogen-bond acceptors (Lipinski definition) is 5. The molecule has 8 heteroatoms. The fourth-order valence-electron chi connectivity index (χ4n) is 2.49. The first-order valence-corrected chi connectivity index (χ1v) is 8.77. The molecule has 1 aliphatic rings. The Morgan fingerprint density at radius 3 is 3.00 bits per heavy atom. The van der Waals surface area contributed by atoms with Crippen LogP contribution < -0.4 is 5.32 Å². The molecule has 1 aromatic heterocycles. The molecule has 2 heterocycles. The molecule has 1 aromatic carbocycles. The lowest BCUT2D eigenvalue weighted by atomic mass is 9.99. The Morgan fingerprint density at radius 2 is 2.30 bits per heavy atom. The number of amides is 1. The SMILES string of the molecule is O=C(CCc1nc2cc(Br)ccc2s1)NC1(C(=O)O)CCOC1. The van der Waals surface area contributed by atoms with Crippen LogP contribution in [0.2, 0.25) is 0 Å². The van der Waals surface area contributed by atoms with Crippen LogP contribution in [0.25, 0.3) is 10.2 Å².